The molecule has 6 rings (SSSR count). The highest BCUT2D eigenvalue weighted by atomic mass is 35.5. The van der Waals surface area contributed by atoms with Crippen molar-refractivity contribution in [2.75, 3.05) is 4.90 Å². The Hall–Kier alpha value is -4.09. The summed E-state index contributed by atoms with van der Waals surface area (Å²) in [6.45, 7) is 4.15. The summed E-state index contributed by atoms with van der Waals surface area (Å²) in [6.07, 6.45) is 0. The predicted molar refractivity (Wildman–Crippen MR) is 176 cm³/mol. The van der Waals surface area contributed by atoms with Crippen molar-refractivity contribution in [1.82, 2.24) is 10.2 Å². The van der Waals surface area contributed by atoms with Gasteiger partial charge in [-0.2, -0.15) is 0 Å². The van der Waals surface area contributed by atoms with Crippen LogP contribution in [0, 0.1) is 13.8 Å². The number of hydrogen-bond acceptors (Lipinski definition) is 9. The van der Waals surface area contributed by atoms with Crippen LogP contribution in [0.3, 0.4) is 0 Å². The molecule has 1 aliphatic rings. The number of aryl methyl sites for hydroxylation is 2. The van der Waals surface area contributed by atoms with Crippen LogP contribution in [-0.2, 0) is 21.9 Å². The molecule has 228 valence electrons. The van der Waals surface area contributed by atoms with Gasteiger partial charge in [-0.1, -0.05) is 82.2 Å². The second kappa shape index (κ2) is 13.1. The third kappa shape index (κ3) is 6.64. The summed E-state index contributed by atoms with van der Waals surface area (Å²) in [6, 6.07) is 22.3. The fourth-order valence-corrected chi connectivity index (χ4v) is 7.29. The summed E-state index contributed by atoms with van der Waals surface area (Å²) in [5, 5.41) is 21.2. The quantitative estimate of drug-likeness (QED) is 0.0544. The van der Waals surface area contributed by atoms with Gasteiger partial charge in [-0.15, -0.1) is 10.2 Å². The number of anilines is 1. The average Bonchev–Trinajstić information content (AvgIpc) is 3.73. The van der Waals surface area contributed by atoms with E-state index in [2.05, 4.69) is 10.2 Å². The number of aliphatic hydroxyl groups is 1. The van der Waals surface area contributed by atoms with E-state index in [0.29, 0.717) is 49.6 Å². The SMILES string of the molecule is Cc1cccc(COc2ccc(C(O)=C3C(=O)C(=O)N(c4nnc(SCc5ccc(Cl)cc5Cl)s4)C3c3ccc(C)o3)cc2)c1. The van der Waals surface area contributed by atoms with Crippen LogP contribution in [0.5, 0.6) is 5.75 Å². The van der Waals surface area contributed by atoms with Crippen molar-refractivity contribution < 1.29 is 23.8 Å². The van der Waals surface area contributed by atoms with Crippen molar-refractivity contribution in [1.29, 1.82) is 0 Å². The van der Waals surface area contributed by atoms with Gasteiger partial charge in [-0.25, -0.2) is 0 Å². The average molecular weight is 679 g/mol. The number of halogens is 2. The molecule has 5 aromatic rings. The summed E-state index contributed by atoms with van der Waals surface area (Å²) in [5.41, 5.74) is 3.27. The van der Waals surface area contributed by atoms with Crippen molar-refractivity contribution in [3.63, 3.8) is 0 Å². The van der Waals surface area contributed by atoms with Crippen LogP contribution in [-0.4, -0.2) is 27.0 Å². The van der Waals surface area contributed by atoms with Crippen molar-refractivity contribution in [3.8, 4) is 5.75 Å². The molecule has 0 aliphatic carbocycles. The Kier molecular flexibility index (Phi) is 9.00. The van der Waals surface area contributed by atoms with E-state index < -0.39 is 17.7 Å². The van der Waals surface area contributed by atoms with Crippen LogP contribution in [0.2, 0.25) is 10.0 Å². The zero-order valence-electron chi connectivity index (χ0n) is 24.0. The van der Waals surface area contributed by atoms with Crippen LogP contribution in [0.15, 0.2) is 93.2 Å². The molecule has 2 aromatic heterocycles. The number of rotatable bonds is 9. The molecule has 45 heavy (non-hydrogen) atoms. The normalized spacial score (nSPS) is 16.0. The summed E-state index contributed by atoms with van der Waals surface area (Å²) in [5.74, 6) is -0.0645. The zero-order chi connectivity index (χ0) is 31.7. The number of ketones is 1. The van der Waals surface area contributed by atoms with Crippen LogP contribution in [0.1, 0.15) is 39.8 Å². The van der Waals surface area contributed by atoms with Crippen molar-refractivity contribution in [2.45, 2.75) is 36.6 Å². The monoisotopic (exact) mass is 677 g/mol. The Morgan fingerprint density at radius 1 is 1.02 bits per heavy atom. The van der Waals surface area contributed by atoms with Crippen molar-refractivity contribution in [3.05, 3.63) is 128 Å². The fourth-order valence-electron chi connectivity index (χ4n) is 4.87. The maximum absolute atomic E-state index is 13.5. The van der Waals surface area contributed by atoms with Gasteiger partial charge in [0.2, 0.25) is 5.13 Å². The molecule has 0 bridgehead atoms. The van der Waals surface area contributed by atoms with Gasteiger partial charge in [0.25, 0.3) is 5.78 Å². The van der Waals surface area contributed by atoms with Crippen LogP contribution < -0.4 is 9.64 Å². The highest BCUT2D eigenvalue weighted by Gasteiger charge is 2.49. The first kappa shape index (κ1) is 30.9. The minimum Gasteiger partial charge on any atom is -0.507 e. The standard InChI is InChI=1S/C33H25Cl2N3O5S2/c1-18-4-3-5-20(14-18)16-42-24-11-8-21(9-12-24)29(39)27-28(26-13-6-19(2)43-26)38(31(41)30(27)40)32-36-37-33(45-32)44-17-22-7-10-23(34)15-25(22)35/h3-15,28,39H,16-17H2,1-2H3. The fraction of sp³-hybridized carbons (Fsp3) is 0.152. The smallest absolute Gasteiger partial charge is 0.302 e. The predicted octanol–water partition coefficient (Wildman–Crippen LogP) is 8.55. The van der Waals surface area contributed by atoms with Gasteiger partial charge >= 0.3 is 5.91 Å². The number of hydrogen-bond donors (Lipinski definition) is 1. The first-order valence-electron chi connectivity index (χ1n) is 13.7. The van der Waals surface area contributed by atoms with Gasteiger partial charge in [0, 0.05) is 21.4 Å². The minimum atomic E-state index is -1.05. The highest BCUT2D eigenvalue weighted by Crippen LogP contribution is 2.44. The molecule has 1 unspecified atom stereocenters. The molecule has 3 aromatic carbocycles. The third-order valence-corrected chi connectivity index (χ3v) is 9.75. The third-order valence-electron chi connectivity index (χ3n) is 7.06. The summed E-state index contributed by atoms with van der Waals surface area (Å²) >= 11 is 14.9. The van der Waals surface area contributed by atoms with Crippen LogP contribution in [0.25, 0.3) is 5.76 Å². The van der Waals surface area contributed by atoms with Crippen LogP contribution >= 0.6 is 46.3 Å². The summed E-state index contributed by atoms with van der Waals surface area (Å²) < 4.78 is 12.4. The molecule has 0 saturated carbocycles. The van der Waals surface area contributed by atoms with Gasteiger partial charge in [0.1, 0.15) is 35.7 Å². The largest absolute Gasteiger partial charge is 0.507 e. The zero-order valence-corrected chi connectivity index (χ0v) is 27.1. The van der Waals surface area contributed by atoms with Gasteiger partial charge in [-0.3, -0.25) is 14.5 Å². The van der Waals surface area contributed by atoms with E-state index in [-0.39, 0.29) is 16.5 Å². The number of nitrogens with zero attached hydrogens (tertiary/aromatic N) is 3. The lowest BCUT2D eigenvalue weighted by molar-refractivity contribution is -0.132. The van der Waals surface area contributed by atoms with Crippen molar-refractivity contribution >= 4 is 68.9 Å². The number of carbonyl (C=O) groups excluding carboxylic acids is 2. The lowest BCUT2D eigenvalue weighted by atomic mass is 9.99. The highest BCUT2D eigenvalue weighted by molar-refractivity contribution is 8.00. The number of furan rings is 1. The lowest BCUT2D eigenvalue weighted by Crippen LogP contribution is -2.29. The van der Waals surface area contributed by atoms with Gasteiger partial charge in [0.15, 0.2) is 4.34 Å². The van der Waals surface area contributed by atoms with E-state index in [0.717, 1.165) is 28.0 Å². The lowest BCUT2D eigenvalue weighted by Gasteiger charge is -2.20. The maximum atomic E-state index is 13.5. The summed E-state index contributed by atoms with van der Waals surface area (Å²) in [7, 11) is 0. The Morgan fingerprint density at radius 3 is 2.53 bits per heavy atom. The van der Waals surface area contributed by atoms with Gasteiger partial charge < -0.3 is 14.3 Å². The van der Waals surface area contributed by atoms with E-state index >= 15 is 0 Å². The first-order chi connectivity index (χ1) is 21.7. The Labute approximate surface area is 277 Å². The first-order valence-corrected chi connectivity index (χ1v) is 16.3. The Morgan fingerprint density at radius 2 is 1.82 bits per heavy atom. The Balaban J connectivity index is 1.27. The number of aromatic nitrogens is 2. The molecule has 1 saturated heterocycles. The maximum Gasteiger partial charge on any atom is 0.302 e. The number of amides is 1. The number of benzene rings is 3. The van der Waals surface area contributed by atoms with E-state index in [1.807, 2.05) is 37.3 Å². The number of ether oxygens (including phenoxy) is 1. The van der Waals surface area contributed by atoms with Crippen LogP contribution in [0.4, 0.5) is 5.13 Å². The number of carbonyl (C=O) groups is 2. The van der Waals surface area contributed by atoms with E-state index in [4.69, 9.17) is 32.4 Å². The van der Waals surface area contributed by atoms with E-state index in [1.165, 1.54) is 16.7 Å². The molecule has 0 radical (unpaired) electrons. The van der Waals surface area contributed by atoms with Crippen molar-refractivity contribution in [2.24, 2.45) is 0 Å². The van der Waals surface area contributed by atoms with Gasteiger partial charge in [-0.05, 0) is 73.5 Å². The molecule has 1 fully saturated rings. The van der Waals surface area contributed by atoms with E-state index in [9.17, 15) is 14.7 Å². The molecule has 0 spiro atoms. The van der Waals surface area contributed by atoms with Gasteiger partial charge in [0.05, 0.1) is 5.57 Å². The molecule has 8 nitrogen and oxygen atoms in total. The topological polar surface area (TPSA) is 106 Å². The minimum absolute atomic E-state index is 0.111. The molecular formula is C33H25Cl2N3O5S2. The molecular weight excluding hydrogens is 653 g/mol. The number of thioether (sulfide) groups is 1. The number of Topliss-reactive ketones (excluding diaryl/α,β-unsaturated/α-hetero) is 1. The molecule has 1 N–H and O–H groups in total. The molecule has 1 amide bonds. The second-order valence-corrected chi connectivity index (χ2v) is 13.3. The summed E-state index contributed by atoms with van der Waals surface area (Å²) in [4.78, 5) is 28.2. The number of aliphatic hydroxyl groups excluding tert-OH is 1. The Bertz CT molecular complexity index is 1940. The second-order valence-electron chi connectivity index (χ2n) is 10.3. The molecule has 1 atom stereocenters. The van der Waals surface area contributed by atoms with E-state index in [1.54, 1.807) is 55.5 Å². The molecule has 12 heteroatoms. The molecule has 3 heterocycles. The molecule has 1 aliphatic heterocycles.